The van der Waals surface area contributed by atoms with Crippen LogP contribution in [0.3, 0.4) is 0 Å². The highest BCUT2D eigenvalue weighted by molar-refractivity contribution is 8.03. The third kappa shape index (κ3) is 3.97. The molecule has 0 aliphatic heterocycles. The van der Waals surface area contributed by atoms with Gasteiger partial charge in [0.1, 0.15) is 5.40 Å². The molecule has 0 heterocycles. The predicted molar refractivity (Wildman–Crippen MR) is 77.0 cm³/mol. The van der Waals surface area contributed by atoms with Crippen molar-refractivity contribution < 1.29 is 14.2 Å². The zero-order chi connectivity index (χ0) is 14.3. The Morgan fingerprint density at radius 2 is 1.84 bits per heavy atom. The predicted octanol–water partition coefficient (Wildman–Crippen LogP) is 3.11. The van der Waals surface area contributed by atoms with Crippen molar-refractivity contribution in [1.29, 1.82) is 5.26 Å². The Hall–Kier alpha value is -1.54. The quantitative estimate of drug-likeness (QED) is 0.719. The summed E-state index contributed by atoms with van der Waals surface area (Å²) in [5, 5.41) is 10.7. The first-order valence-electron chi connectivity index (χ1n) is 5.96. The van der Waals surface area contributed by atoms with Crippen LogP contribution in [0.1, 0.15) is 12.5 Å². The van der Waals surface area contributed by atoms with Crippen molar-refractivity contribution in [3.05, 3.63) is 17.7 Å². The standard InChI is InChI=1S/C14H19NO3S/c1-10(8-19-9-15)7-11-5-6-12(16-2)14(18-4)13(11)17-3/h5-6,10H,7-8H2,1-4H3. The second kappa shape index (κ2) is 7.80. The maximum Gasteiger partial charge on any atom is 0.203 e. The molecule has 0 saturated heterocycles. The van der Waals surface area contributed by atoms with Gasteiger partial charge in [-0.2, -0.15) is 5.26 Å². The summed E-state index contributed by atoms with van der Waals surface area (Å²) in [5.41, 5.74) is 1.06. The van der Waals surface area contributed by atoms with Gasteiger partial charge in [0.05, 0.1) is 21.3 Å². The van der Waals surface area contributed by atoms with Gasteiger partial charge in [-0.25, -0.2) is 0 Å². The Morgan fingerprint density at radius 1 is 1.16 bits per heavy atom. The van der Waals surface area contributed by atoms with Crippen LogP contribution in [0.2, 0.25) is 0 Å². The van der Waals surface area contributed by atoms with E-state index in [0.717, 1.165) is 17.7 Å². The fourth-order valence-corrected chi connectivity index (χ4v) is 2.41. The van der Waals surface area contributed by atoms with Crippen LogP contribution < -0.4 is 14.2 Å². The maximum atomic E-state index is 8.58. The van der Waals surface area contributed by atoms with E-state index in [-0.39, 0.29) is 0 Å². The van der Waals surface area contributed by atoms with Crippen molar-refractivity contribution in [1.82, 2.24) is 0 Å². The minimum Gasteiger partial charge on any atom is -0.493 e. The first-order valence-corrected chi connectivity index (χ1v) is 6.95. The first kappa shape index (κ1) is 15.5. The summed E-state index contributed by atoms with van der Waals surface area (Å²) < 4.78 is 16.0. The lowest BCUT2D eigenvalue weighted by atomic mass is 10.0. The van der Waals surface area contributed by atoms with Gasteiger partial charge in [0.25, 0.3) is 0 Å². The molecule has 0 spiro atoms. The number of rotatable bonds is 7. The van der Waals surface area contributed by atoms with Crippen molar-refractivity contribution in [2.75, 3.05) is 27.1 Å². The highest BCUT2D eigenvalue weighted by atomic mass is 32.2. The maximum absolute atomic E-state index is 8.58. The molecular weight excluding hydrogens is 262 g/mol. The second-order valence-electron chi connectivity index (χ2n) is 4.21. The van der Waals surface area contributed by atoms with Gasteiger partial charge in [-0.05, 0) is 35.7 Å². The van der Waals surface area contributed by atoms with Crippen LogP contribution in [-0.2, 0) is 6.42 Å². The van der Waals surface area contributed by atoms with Crippen LogP contribution in [0.4, 0.5) is 0 Å². The van der Waals surface area contributed by atoms with E-state index < -0.39 is 0 Å². The van der Waals surface area contributed by atoms with Crippen LogP contribution in [0.5, 0.6) is 17.2 Å². The smallest absolute Gasteiger partial charge is 0.203 e. The Bertz CT molecular complexity index is 457. The van der Waals surface area contributed by atoms with Crippen molar-refractivity contribution in [2.24, 2.45) is 5.92 Å². The summed E-state index contributed by atoms with van der Waals surface area (Å²) in [6, 6.07) is 3.86. The first-order chi connectivity index (χ1) is 9.17. The van der Waals surface area contributed by atoms with E-state index >= 15 is 0 Å². The molecule has 0 aromatic heterocycles. The molecule has 0 fully saturated rings. The summed E-state index contributed by atoms with van der Waals surface area (Å²) >= 11 is 1.28. The lowest BCUT2D eigenvalue weighted by Crippen LogP contribution is -2.05. The zero-order valence-electron chi connectivity index (χ0n) is 11.7. The third-order valence-corrected chi connectivity index (χ3v) is 3.65. The Kier molecular flexibility index (Phi) is 6.37. The normalized spacial score (nSPS) is 11.5. The average Bonchev–Trinajstić information content (AvgIpc) is 2.44. The average molecular weight is 281 g/mol. The number of ether oxygens (including phenoxy) is 3. The van der Waals surface area contributed by atoms with Gasteiger partial charge in [-0.1, -0.05) is 13.0 Å². The molecular formula is C14H19NO3S. The topological polar surface area (TPSA) is 51.5 Å². The van der Waals surface area contributed by atoms with Gasteiger partial charge in [0.15, 0.2) is 11.5 Å². The Labute approximate surface area is 118 Å². The molecule has 0 N–H and O–H groups in total. The summed E-state index contributed by atoms with van der Waals surface area (Å²) in [7, 11) is 4.82. The van der Waals surface area contributed by atoms with Crippen molar-refractivity contribution in [3.8, 4) is 22.6 Å². The lowest BCUT2D eigenvalue weighted by molar-refractivity contribution is 0.321. The number of nitrogens with zero attached hydrogens (tertiary/aromatic N) is 1. The molecule has 0 radical (unpaired) electrons. The molecule has 0 bridgehead atoms. The summed E-state index contributed by atoms with van der Waals surface area (Å²) in [5.74, 6) is 3.16. The van der Waals surface area contributed by atoms with Gasteiger partial charge >= 0.3 is 0 Å². The zero-order valence-corrected chi connectivity index (χ0v) is 12.5. The molecule has 0 aliphatic rings. The number of hydrogen-bond acceptors (Lipinski definition) is 5. The highest BCUT2D eigenvalue weighted by Gasteiger charge is 2.17. The van der Waals surface area contributed by atoms with Crippen molar-refractivity contribution in [3.63, 3.8) is 0 Å². The van der Waals surface area contributed by atoms with Crippen LogP contribution in [0.25, 0.3) is 0 Å². The number of benzene rings is 1. The van der Waals surface area contributed by atoms with E-state index in [9.17, 15) is 0 Å². The van der Waals surface area contributed by atoms with Crippen molar-refractivity contribution in [2.45, 2.75) is 13.3 Å². The largest absolute Gasteiger partial charge is 0.493 e. The van der Waals surface area contributed by atoms with Crippen LogP contribution in [-0.4, -0.2) is 27.1 Å². The van der Waals surface area contributed by atoms with E-state index in [1.807, 2.05) is 12.1 Å². The van der Waals surface area contributed by atoms with E-state index in [4.69, 9.17) is 19.5 Å². The number of nitriles is 1. The van der Waals surface area contributed by atoms with Gasteiger partial charge in [-0.3, -0.25) is 0 Å². The molecule has 0 saturated carbocycles. The number of hydrogen-bond donors (Lipinski definition) is 0. The van der Waals surface area contributed by atoms with E-state index in [2.05, 4.69) is 12.3 Å². The number of thioether (sulfide) groups is 1. The van der Waals surface area contributed by atoms with Gasteiger partial charge < -0.3 is 14.2 Å². The summed E-state index contributed by atoms with van der Waals surface area (Å²) in [6.07, 6.45) is 0.832. The number of methoxy groups -OCH3 is 3. The molecule has 1 aromatic rings. The minimum absolute atomic E-state index is 0.386. The molecule has 19 heavy (non-hydrogen) atoms. The number of thiocyanates is 1. The third-order valence-electron chi connectivity index (χ3n) is 2.79. The van der Waals surface area contributed by atoms with Crippen LogP contribution >= 0.6 is 11.8 Å². The Balaban J connectivity index is 2.98. The lowest BCUT2D eigenvalue weighted by Gasteiger charge is -2.17. The van der Waals surface area contributed by atoms with Crippen molar-refractivity contribution >= 4 is 11.8 Å². The van der Waals surface area contributed by atoms with Crippen LogP contribution in [0.15, 0.2) is 12.1 Å². The molecule has 1 aromatic carbocycles. The molecule has 5 heteroatoms. The SMILES string of the molecule is COc1ccc(CC(C)CSC#N)c(OC)c1OC. The van der Waals surface area contributed by atoms with Crippen LogP contribution in [0, 0.1) is 16.6 Å². The van der Waals surface area contributed by atoms with Gasteiger partial charge in [0, 0.05) is 5.75 Å². The van der Waals surface area contributed by atoms with E-state index in [1.165, 1.54) is 11.8 Å². The molecule has 1 atom stereocenters. The molecule has 104 valence electrons. The summed E-state index contributed by atoms with van der Waals surface area (Å²) in [6.45, 7) is 2.11. The Morgan fingerprint density at radius 3 is 2.37 bits per heavy atom. The fraction of sp³-hybridized carbons (Fsp3) is 0.500. The summed E-state index contributed by atoms with van der Waals surface area (Å²) in [4.78, 5) is 0. The highest BCUT2D eigenvalue weighted by Crippen LogP contribution is 2.40. The second-order valence-corrected chi connectivity index (χ2v) is 5.01. The van der Waals surface area contributed by atoms with E-state index in [0.29, 0.717) is 23.2 Å². The van der Waals surface area contributed by atoms with Gasteiger partial charge in [-0.15, -0.1) is 0 Å². The molecule has 0 amide bonds. The monoisotopic (exact) mass is 281 g/mol. The molecule has 1 unspecified atom stereocenters. The van der Waals surface area contributed by atoms with Gasteiger partial charge in [0.2, 0.25) is 5.75 Å². The molecule has 0 aliphatic carbocycles. The fourth-order valence-electron chi connectivity index (χ4n) is 1.94. The molecule has 1 rings (SSSR count). The van der Waals surface area contributed by atoms with E-state index in [1.54, 1.807) is 21.3 Å². The minimum atomic E-state index is 0.386. The molecule has 4 nitrogen and oxygen atoms in total.